The second-order valence-corrected chi connectivity index (χ2v) is 5.21. The maximum absolute atomic E-state index is 12.7. The topological polar surface area (TPSA) is 106 Å². The van der Waals surface area contributed by atoms with E-state index in [0.29, 0.717) is 31.9 Å². The number of halogens is 1. The molecular formula is C17H18FN3O4. The molecule has 1 fully saturated rings. The maximum Gasteiger partial charge on any atom is 0.337 e. The monoisotopic (exact) mass is 347 g/mol. The Morgan fingerprint density at radius 1 is 1.12 bits per heavy atom. The van der Waals surface area contributed by atoms with Crippen molar-refractivity contribution in [2.45, 2.75) is 0 Å². The average Bonchev–Trinajstić information content (AvgIpc) is 2.63. The molecule has 2 heterocycles. The van der Waals surface area contributed by atoms with Crippen LogP contribution in [0.1, 0.15) is 10.4 Å². The zero-order valence-electron chi connectivity index (χ0n) is 13.4. The molecule has 8 heteroatoms. The molecule has 3 N–H and O–H groups in total. The van der Waals surface area contributed by atoms with Crippen LogP contribution in [0.2, 0.25) is 0 Å². The van der Waals surface area contributed by atoms with E-state index in [0.717, 1.165) is 5.56 Å². The number of carbonyl (C=O) groups is 2. The van der Waals surface area contributed by atoms with Crippen LogP contribution in [0.4, 0.5) is 9.18 Å². The number of pyridine rings is 1. The summed E-state index contributed by atoms with van der Waals surface area (Å²) in [6.07, 6.45) is 2.81. The Kier molecular flexibility index (Phi) is 6.41. The van der Waals surface area contributed by atoms with Gasteiger partial charge < -0.3 is 20.5 Å². The molecule has 0 saturated carbocycles. The van der Waals surface area contributed by atoms with Crippen LogP contribution in [-0.4, -0.2) is 53.3 Å². The van der Waals surface area contributed by atoms with Crippen LogP contribution in [0.5, 0.6) is 0 Å². The van der Waals surface area contributed by atoms with Crippen molar-refractivity contribution in [3.8, 4) is 11.1 Å². The van der Waals surface area contributed by atoms with Crippen LogP contribution in [0, 0.1) is 5.82 Å². The molecule has 3 rings (SSSR count). The number of primary amides is 1. The number of nitrogens with zero attached hydrogens (tertiary/aromatic N) is 2. The highest BCUT2D eigenvalue weighted by Crippen LogP contribution is 2.19. The minimum Gasteiger partial charge on any atom is -0.478 e. The van der Waals surface area contributed by atoms with Gasteiger partial charge >= 0.3 is 12.0 Å². The smallest absolute Gasteiger partial charge is 0.337 e. The number of benzene rings is 1. The molecule has 0 unspecified atom stereocenters. The highest BCUT2D eigenvalue weighted by Gasteiger charge is 2.12. The predicted octanol–water partition coefficient (Wildman–Crippen LogP) is 1.98. The summed E-state index contributed by atoms with van der Waals surface area (Å²) in [6, 6.07) is 6.96. The van der Waals surface area contributed by atoms with Crippen molar-refractivity contribution in [2.24, 2.45) is 5.73 Å². The lowest BCUT2D eigenvalue weighted by atomic mass is 10.1. The summed E-state index contributed by atoms with van der Waals surface area (Å²) in [7, 11) is 0. The highest BCUT2D eigenvalue weighted by molar-refractivity contribution is 5.88. The third kappa shape index (κ3) is 5.54. The van der Waals surface area contributed by atoms with Gasteiger partial charge in [-0.1, -0.05) is 12.1 Å². The molecule has 1 saturated heterocycles. The molecule has 1 aliphatic rings. The number of carboxylic acids is 1. The molecule has 1 aliphatic heterocycles. The van der Waals surface area contributed by atoms with Crippen molar-refractivity contribution in [2.75, 3.05) is 26.3 Å². The second-order valence-electron chi connectivity index (χ2n) is 5.21. The number of aromatic nitrogens is 1. The first-order valence-electron chi connectivity index (χ1n) is 7.54. The Morgan fingerprint density at radius 3 is 2.28 bits per heavy atom. The Labute approximate surface area is 143 Å². The number of ether oxygens (including phenoxy) is 1. The zero-order valence-corrected chi connectivity index (χ0v) is 13.4. The molecule has 1 aromatic heterocycles. The first-order chi connectivity index (χ1) is 12.0. The third-order valence-corrected chi connectivity index (χ3v) is 3.49. The van der Waals surface area contributed by atoms with Gasteiger partial charge in [-0.2, -0.15) is 0 Å². The van der Waals surface area contributed by atoms with Crippen molar-refractivity contribution >= 4 is 12.0 Å². The third-order valence-electron chi connectivity index (χ3n) is 3.49. The van der Waals surface area contributed by atoms with E-state index in [1.807, 2.05) is 0 Å². The lowest BCUT2D eigenvalue weighted by Crippen LogP contribution is -2.43. The van der Waals surface area contributed by atoms with Crippen LogP contribution in [-0.2, 0) is 4.74 Å². The molecule has 0 aliphatic carbocycles. The lowest BCUT2D eigenvalue weighted by molar-refractivity contribution is 0.0554. The van der Waals surface area contributed by atoms with Crippen molar-refractivity contribution in [1.82, 2.24) is 9.88 Å². The number of rotatable bonds is 2. The average molecular weight is 347 g/mol. The van der Waals surface area contributed by atoms with E-state index in [1.165, 1.54) is 24.4 Å². The van der Waals surface area contributed by atoms with E-state index in [4.69, 9.17) is 15.6 Å². The van der Waals surface area contributed by atoms with Crippen LogP contribution < -0.4 is 5.73 Å². The molecule has 132 valence electrons. The Bertz CT molecular complexity index is 731. The van der Waals surface area contributed by atoms with E-state index < -0.39 is 5.97 Å². The molecule has 7 nitrogen and oxygen atoms in total. The standard InChI is InChI=1S/C12H8FNO2.C5H10N2O2/c13-11-3-1-8(2-4-11)9-5-10(12(15)16)7-14-6-9;6-5(8)7-1-3-9-4-2-7/h1-7H,(H,15,16);1-4H2,(H2,6,8). The summed E-state index contributed by atoms with van der Waals surface area (Å²) in [6.45, 7) is 2.50. The van der Waals surface area contributed by atoms with Gasteiger partial charge in [0.15, 0.2) is 0 Å². The number of amides is 2. The molecule has 0 atom stereocenters. The Morgan fingerprint density at radius 2 is 1.76 bits per heavy atom. The molecule has 25 heavy (non-hydrogen) atoms. The van der Waals surface area contributed by atoms with Gasteiger partial charge in [-0.15, -0.1) is 0 Å². The van der Waals surface area contributed by atoms with Gasteiger partial charge in [0.25, 0.3) is 0 Å². The molecule has 2 aromatic rings. The number of hydrogen-bond acceptors (Lipinski definition) is 4. The van der Waals surface area contributed by atoms with Gasteiger partial charge in [0.05, 0.1) is 18.8 Å². The number of hydrogen-bond donors (Lipinski definition) is 2. The normalized spacial score (nSPS) is 13.6. The molecule has 2 amide bonds. The van der Waals surface area contributed by atoms with Gasteiger partial charge in [-0.25, -0.2) is 14.0 Å². The fraction of sp³-hybridized carbons (Fsp3) is 0.235. The fourth-order valence-corrected chi connectivity index (χ4v) is 2.14. The molecular weight excluding hydrogens is 329 g/mol. The van der Waals surface area contributed by atoms with E-state index in [-0.39, 0.29) is 17.4 Å². The SMILES string of the molecule is NC(=O)N1CCOCC1.O=C(O)c1cncc(-c2ccc(F)cc2)c1. The fourth-order valence-electron chi connectivity index (χ4n) is 2.14. The molecule has 1 aromatic carbocycles. The molecule has 0 radical (unpaired) electrons. The summed E-state index contributed by atoms with van der Waals surface area (Å²) in [4.78, 5) is 26.6. The second kappa shape index (κ2) is 8.74. The molecule has 0 bridgehead atoms. The highest BCUT2D eigenvalue weighted by atomic mass is 19.1. The van der Waals surface area contributed by atoms with Crippen molar-refractivity contribution in [3.05, 3.63) is 54.1 Å². The molecule has 0 spiro atoms. The maximum atomic E-state index is 12.7. The summed E-state index contributed by atoms with van der Waals surface area (Å²) < 4.78 is 17.7. The number of carboxylic acid groups (broad SMARTS) is 1. The quantitative estimate of drug-likeness (QED) is 0.864. The zero-order chi connectivity index (χ0) is 18.2. The number of nitrogens with two attached hydrogens (primary N) is 1. The Balaban J connectivity index is 0.000000212. The van der Waals surface area contributed by atoms with Gasteiger partial charge in [0.1, 0.15) is 5.82 Å². The summed E-state index contributed by atoms with van der Waals surface area (Å²) in [5.74, 6) is -1.36. The predicted molar refractivity (Wildman–Crippen MR) is 88.6 cm³/mol. The van der Waals surface area contributed by atoms with Gasteiger partial charge in [0.2, 0.25) is 0 Å². The van der Waals surface area contributed by atoms with Crippen LogP contribution in [0.3, 0.4) is 0 Å². The minimum absolute atomic E-state index is 0.113. The van der Waals surface area contributed by atoms with Gasteiger partial charge in [-0.3, -0.25) is 4.98 Å². The van der Waals surface area contributed by atoms with Gasteiger partial charge in [0, 0.05) is 31.0 Å². The van der Waals surface area contributed by atoms with E-state index in [9.17, 15) is 14.0 Å². The van der Waals surface area contributed by atoms with Crippen LogP contribution >= 0.6 is 0 Å². The van der Waals surface area contributed by atoms with Crippen molar-refractivity contribution in [3.63, 3.8) is 0 Å². The Hall–Kier alpha value is -3.00. The lowest BCUT2D eigenvalue weighted by Gasteiger charge is -2.24. The van der Waals surface area contributed by atoms with Gasteiger partial charge in [-0.05, 0) is 23.8 Å². The number of carbonyl (C=O) groups excluding carboxylic acids is 1. The minimum atomic E-state index is -1.03. The number of morpholine rings is 1. The van der Waals surface area contributed by atoms with Crippen molar-refractivity contribution < 1.29 is 23.8 Å². The van der Waals surface area contributed by atoms with Crippen LogP contribution in [0.25, 0.3) is 11.1 Å². The number of aromatic carboxylic acids is 1. The first-order valence-corrected chi connectivity index (χ1v) is 7.54. The van der Waals surface area contributed by atoms with Crippen molar-refractivity contribution in [1.29, 1.82) is 0 Å². The van der Waals surface area contributed by atoms with E-state index in [2.05, 4.69) is 4.98 Å². The summed E-state index contributed by atoms with van der Waals surface area (Å²) in [5, 5.41) is 8.80. The summed E-state index contributed by atoms with van der Waals surface area (Å²) >= 11 is 0. The largest absolute Gasteiger partial charge is 0.478 e. The van der Waals surface area contributed by atoms with E-state index in [1.54, 1.807) is 23.2 Å². The summed E-state index contributed by atoms with van der Waals surface area (Å²) in [5.41, 5.74) is 6.50. The van der Waals surface area contributed by atoms with E-state index >= 15 is 0 Å². The van der Waals surface area contributed by atoms with Crippen LogP contribution in [0.15, 0.2) is 42.7 Å². The number of urea groups is 1. The first kappa shape index (κ1) is 18.3.